The number of nitrogens with zero attached hydrogens (tertiary/aromatic N) is 1. The summed E-state index contributed by atoms with van der Waals surface area (Å²) in [5.41, 5.74) is 1.28. The van der Waals surface area contributed by atoms with Crippen LogP contribution in [-0.4, -0.2) is 54.8 Å². The number of nitrogens with one attached hydrogen (secondary N) is 1. The fourth-order valence-corrected chi connectivity index (χ4v) is 3.28. The van der Waals surface area contributed by atoms with Crippen molar-refractivity contribution < 1.29 is 14.3 Å². The zero-order chi connectivity index (χ0) is 16.5. The van der Waals surface area contributed by atoms with Crippen LogP contribution in [-0.2, 0) is 20.1 Å². The van der Waals surface area contributed by atoms with Crippen molar-refractivity contribution in [2.75, 3.05) is 32.0 Å². The first kappa shape index (κ1) is 17.8. The quantitative estimate of drug-likeness (QED) is 0.770. The van der Waals surface area contributed by atoms with E-state index in [2.05, 4.69) is 17.4 Å². The number of amides is 2. The molecule has 1 aromatic rings. The summed E-state index contributed by atoms with van der Waals surface area (Å²) in [5.74, 6) is 1.82. The van der Waals surface area contributed by atoms with Gasteiger partial charge in [-0.25, -0.2) is 0 Å². The molecule has 0 aliphatic carbocycles. The summed E-state index contributed by atoms with van der Waals surface area (Å²) in [6, 6.07) is 10.2. The average Bonchev–Trinajstić information content (AvgIpc) is 2.58. The molecule has 23 heavy (non-hydrogen) atoms. The van der Waals surface area contributed by atoms with Crippen LogP contribution >= 0.6 is 11.8 Å². The Bertz CT molecular complexity index is 510. The van der Waals surface area contributed by atoms with Crippen LogP contribution in [0, 0.1) is 0 Å². The molecular weight excluding hydrogens is 312 g/mol. The van der Waals surface area contributed by atoms with Crippen molar-refractivity contribution in [1.82, 2.24) is 10.2 Å². The summed E-state index contributed by atoms with van der Waals surface area (Å²) in [5, 5.41) is 2.90. The smallest absolute Gasteiger partial charge is 0.220 e. The van der Waals surface area contributed by atoms with Gasteiger partial charge < -0.3 is 15.0 Å². The summed E-state index contributed by atoms with van der Waals surface area (Å²) in [6.07, 6.45) is 0.397. The standard InChI is InChI=1S/C17H24N2O3S/c1-14(20)19-8-9-22-16(12-19)11-18-17(21)7-10-23-13-15-5-3-2-4-6-15/h2-6,16H,7-13H2,1H3,(H,18,21)/t16-/m1/s1. The normalized spacial score (nSPS) is 17.8. The summed E-state index contributed by atoms with van der Waals surface area (Å²) in [4.78, 5) is 25.0. The fraction of sp³-hybridized carbons (Fsp3) is 0.529. The van der Waals surface area contributed by atoms with Crippen LogP contribution in [0.1, 0.15) is 18.9 Å². The van der Waals surface area contributed by atoms with Crippen LogP contribution in [0.25, 0.3) is 0 Å². The van der Waals surface area contributed by atoms with E-state index < -0.39 is 0 Å². The van der Waals surface area contributed by atoms with Crippen molar-refractivity contribution in [2.45, 2.75) is 25.2 Å². The van der Waals surface area contributed by atoms with Crippen molar-refractivity contribution in [1.29, 1.82) is 0 Å². The van der Waals surface area contributed by atoms with E-state index in [1.807, 2.05) is 18.2 Å². The summed E-state index contributed by atoms with van der Waals surface area (Å²) in [6.45, 7) is 3.75. The highest BCUT2D eigenvalue weighted by molar-refractivity contribution is 7.98. The largest absolute Gasteiger partial charge is 0.373 e. The lowest BCUT2D eigenvalue weighted by molar-refractivity contribution is -0.136. The van der Waals surface area contributed by atoms with Gasteiger partial charge in [0.15, 0.2) is 0 Å². The number of hydrogen-bond donors (Lipinski definition) is 1. The highest BCUT2D eigenvalue weighted by Crippen LogP contribution is 2.12. The van der Waals surface area contributed by atoms with Gasteiger partial charge in [0.05, 0.1) is 12.7 Å². The van der Waals surface area contributed by atoms with Gasteiger partial charge >= 0.3 is 0 Å². The Morgan fingerprint density at radius 3 is 2.87 bits per heavy atom. The number of hydrogen-bond acceptors (Lipinski definition) is 4. The van der Waals surface area contributed by atoms with Gasteiger partial charge in [-0.2, -0.15) is 11.8 Å². The van der Waals surface area contributed by atoms with Gasteiger partial charge in [0.2, 0.25) is 11.8 Å². The molecule has 1 aliphatic rings. The minimum absolute atomic E-state index is 0.0362. The molecule has 1 atom stereocenters. The van der Waals surface area contributed by atoms with E-state index in [1.165, 1.54) is 5.56 Å². The molecule has 1 fully saturated rings. The van der Waals surface area contributed by atoms with Crippen LogP contribution < -0.4 is 5.32 Å². The molecular formula is C17H24N2O3S. The molecule has 1 aliphatic heterocycles. The second-order valence-corrected chi connectivity index (χ2v) is 6.66. The number of carbonyl (C=O) groups excluding carboxylic acids is 2. The second-order valence-electron chi connectivity index (χ2n) is 5.55. The van der Waals surface area contributed by atoms with E-state index in [1.54, 1.807) is 23.6 Å². The van der Waals surface area contributed by atoms with Crippen LogP contribution in [0.5, 0.6) is 0 Å². The summed E-state index contributed by atoms with van der Waals surface area (Å²) >= 11 is 1.76. The third-order valence-corrected chi connectivity index (χ3v) is 4.73. The SMILES string of the molecule is CC(=O)N1CCO[C@H](CNC(=O)CCSCc2ccccc2)C1. The molecule has 1 aromatic carbocycles. The molecule has 1 heterocycles. The van der Waals surface area contributed by atoms with E-state index in [-0.39, 0.29) is 17.9 Å². The van der Waals surface area contributed by atoms with Crippen LogP contribution in [0.3, 0.4) is 0 Å². The molecule has 5 nitrogen and oxygen atoms in total. The number of rotatable bonds is 7. The van der Waals surface area contributed by atoms with Gasteiger partial charge in [-0.1, -0.05) is 30.3 Å². The van der Waals surface area contributed by atoms with Gasteiger partial charge in [0, 0.05) is 44.5 Å². The van der Waals surface area contributed by atoms with E-state index in [0.717, 1.165) is 11.5 Å². The molecule has 0 unspecified atom stereocenters. The molecule has 0 spiro atoms. The Hall–Kier alpha value is -1.53. The molecule has 2 amide bonds. The number of benzene rings is 1. The molecule has 0 saturated carbocycles. The zero-order valence-electron chi connectivity index (χ0n) is 13.5. The Balaban J connectivity index is 1.57. The van der Waals surface area contributed by atoms with Crippen LogP contribution in [0.15, 0.2) is 30.3 Å². The van der Waals surface area contributed by atoms with Gasteiger partial charge in [-0.3, -0.25) is 9.59 Å². The first-order chi connectivity index (χ1) is 11.1. The Labute approximate surface area is 141 Å². The lowest BCUT2D eigenvalue weighted by atomic mass is 10.2. The fourth-order valence-electron chi connectivity index (χ4n) is 2.37. The predicted molar refractivity (Wildman–Crippen MR) is 92.2 cm³/mol. The molecule has 0 radical (unpaired) electrons. The van der Waals surface area contributed by atoms with Gasteiger partial charge in [-0.05, 0) is 5.56 Å². The van der Waals surface area contributed by atoms with Gasteiger partial charge in [0.1, 0.15) is 0 Å². The minimum atomic E-state index is -0.103. The van der Waals surface area contributed by atoms with Crippen molar-refractivity contribution in [2.24, 2.45) is 0 Å². The van der Waals surface area contributed by atoms with Crippen LogP contribution in [0.4, 0.5) is 0 Å². The molecule has 126 valence electrons. The number of carbonyl (C=O) groups is 2. The summed E-state index contributed by atoms with van der Waals surface area (Å²) in [7, 11) is 0. The topological polar surface area (TPSA) is 58.6 Å². The Kier molecular flexibility index (Phi) is 7.42. The van der Waals surface area contributed by atoms with Crippen molar-refractivity contribution >= 4 is 23.6 Å². The molecule has 2 rings (SSSR count). The number of morpholine rings is 1. The highest BCUT2D eigenvalue weighted by Gasteiger charge is 2.22. The Morgan fingerprint density at radius 1 is 1.35 bits per heavy atom. The van der Waals surface area contributed by atoms with Crippen molar-refractivity contribution in [3.8, 4) is 0 Å². The average molecular weight is 336 g/mol. The lowest BCUT2D eigenvalue weighted by Crippen LogP contribution is -2.49. The van der Waals surface area contributed by atoms with E-state index in [0.29, 0.717) is 32.7 Å². The van der Waals surface area contributed by atoms with Gasteiger partial charge in [0.25, 0.3) is 0 Å². The maximum absolute atomic E-state index is 11.9. The van der Waals surface area contributed by atoms with Crippen molar-refractivity contribution in [3.05, 3.63) is 35.9 Å². The third kappa shape index (κ3) is 6.62. The second kappa shape index (κ2) is 9.57. The van der Waals surface area contributed by atoms with E-state index >= 15 is 0 Å². The third-order valence-electron chi connectivity index (χ3n) is 3.70. The zero-order valence-corrected chi connectivity index (χ0v) is 14.3. The van der Waals surface area contributed by atoms with Gasteiger partial charge in [-0.15, -0.1) is 0 Å². The highest BCUT2D eigenvalue weighted by atomic mass is 32.2. The minimum Gasteiger partial charge on any atom is -0.373 e. The van der Waals surface area contributed by atoms with E-state index in [9.17, 15) is 9.59 Å². The van der Waals surface area contributed by atoms with Crippen molar-refractivity contribution in [3.63, 3.8) is 0 Å². The maximum Gasteiger partial charge on any atom is 0.220 e. The summed E-state index contributed by atoms with van der Waals surface area (Å²) < 4.78 is 5.58. The monoisotopic (exact) mass is 336 g/mol. The molecule has 1 saturated heterocycles. The number of thioether (sulfide) groups is 1. The Morgan fingerprint density at radius 2 is 2.13 bits per heavy atom. The maximum atomic E-state index is 11.9. The first-order valence-electron chi connectivity index (χ1n) is 7.90. The molecule has 1 N–H and O–H groups in total. The molecule has 0 aromatic heterocycles. The predicted octanol–water partition coefficient (Wildman–Crippen LogP) is 1.67. The van der Waals surface area contributed by atoms with E-state index in [4.69, 9.17) is 4.74 Å². The number of ether oxygens (including phenoxy) is 1. The van der Waals surface area contributed by atoms with Crippen LogP contribution in [0.2, 0.25) is 0 Å². The lowest BCUT2D eigenvalue weighted by Gasteiger charge is -2.32. The molecule has 6 heteroatoms. The first-order valence-corrected chi connectivity index (χ1v) is 9.06. The molecule has 0 bridgehead atoms.